The minimum absolute atomic E-state index is 0.282. The van der Waals surface area contributed by atoms with Gasteiger partial charge in [-0.05, 0) is 67.8 Å². The molecule has 0 aliphatic carbocycles. The quantitative estimate of drug-likeness (QED) is 0.688. The summed E-state index contributed by atoms with van der Waals surface area (Å²) in [5.74, 6) is -1.62. The highest BCUT2D eigenvalue weighted by Crippen LogP contribution is 2.29. The SMILES string of the molecule is O=C(O)C(Nc1ccc(Cl)c(Br)c1)c1ccc(Br)c(F)c1. The molecule has 0 fully saturated rings. The Hall–Kier alpha value is -1.11. The maximum Gasteiger partial charge on any atom is 0.330 e. The Bertz CT molecular complexity index is 697. The number of benzene rings is 2. The molecule has 0 aromatic heterocycles. The molecule has 0 heterocycles. The van der Waals surface area contributed by atoms with E-state index in [9.17, 15) is 14.3 Å². The second-order valence-corrected chi connectivity index (χ2v) is 6.33. The van der Waals surface area contributed by atoms with Gasteiger partial charge in [0.05, 0.1) is 9.50 Å². The van der Waals surface area contributed by atoms with Crippen LogP contribution in [-0.4, -0.2) is 11.1 Å². The van der Waals surface area contributed by atoms with Crippen LogP contribution in [0.3, 0.4) is 0 Å². The van der Waals surface area contributed by atoms with Crippen LogP contribution in [0.5, 0.6) is 0 Å². The molecule has 2 aromatic rings. The van der Waals surface area contributed by atoms with Gasteiger partial charge in [0.25, 0.3) is 0 Å². The minimum Gasteiger partial charge on any atom is -0.479 e. The number of nitrogens with one attached hydrogen (secondary N) is 1. The van der Waals surface area contributed by atoms with Crippen LogP contribution >= 0.6 is 43.5 Å². The van der Waals surface area contributed by atoms with Gasteiger partial charge in [-0.1, -0.05) is 17.7 Å². The Kier molecular flexibility index (Phi) is 5.24. The molecule has 7 heteroatoms. The second-order valence-electron chi connectivity index (χ2n) is 4.22. The predicted octanol–water partition coefficient (Wildman–Crippen LogP) is 5.24. The first-order valence-electron chi connectivity index (χ1n) is 5.78. The van der Waals surface area contributed by atoms with Gasteiger partial charge in [0, 0.05) is 10.2 Å². The monoisotopic (exact) mass is 435 g/mol. The summed E-state index contributed by atoms with van der Waals surface area (Å²) in [5.41, 5.74) is 0.872. The van der Waals surface area contributed by atoms with Crippen molar-refractivity contribution in [1.82, 2.24) is 0 Å². The van der Waals surface area contributed by atoms with E-state index in [1.165, 1.54) is 12.1 Å². The van der Waals surface area contributed by atoms with Crippen LogP contribution < -0.4 is 5.32 Å². The van der Waals surface area contributed by atoms with Gasteiger partial charge in [0.1, 0.15) is 5.82 Å². The van der Waals surface area contributed by atoms with Gasteiger partial charge in [-0.25, -0.2) is 9.18 Å². The van der Waals surface area contributed by atoms with Gasteiger partial charge < -0.3 is 10.4 Å². The Morgan fingerprint density at radius 1 is 1.19 bits per heavy atom. The molecule has 0 radical (unpaired) electrons. The van der Waals surface area contributed by atoms with Gasteiger partial charge >= 0.3 is 5.97 Å². The van der Waals surface area contributed by atoms with Crippen molar-refractivity contribution in [3.05, 3.63) is 61.7 Å². The third-order valence-corrected chi connectivity index (χ3v) is 4.61. The summed E-state index contributed by atoms with van der Waals surface area (Å²) in [6.07, 6.45) is 0. The molecule has 110 valence electrons. The molecule has 3 nitrogen and oxygen atoms in total. The third-order valence-electron chi connectivity index (χ3n) is 2.75. The molecular formula is C14H9Br2ClFNO2. The molecule has 0 saturated carbocycles. The van der Waals surface area contributed by atoms with E-state index in [0.717, 1.165) is 0 Å². The number of carboxylic acid groups (broad SMARTS) is 1. The lowest BCUT2D eigenvalue weighted by Gasteiger charge is -2.17. The lowest BCUT2D eigenvalue weighted by Crippen LogP contribution is -2.20. The summed E-state index contributed by atoms with van der Waals surface area (Å²) in [6.45, 7) is 0. The second kappa shape index (κ2) is 6.77. The van der Waals surface area contributed by atoms with Crippen molar-refractivity contribution in [2.45, 2.75) is 6.04 Å². The van der Waals surface area contributed by atoms with E-state index >= 15 is 0 Å². The summed E-state index contributed by atoms with van der Waals surface area (Å²) in [4.78, 5) is 11.4. The molecule has 0 aliphatic rings. The minimum atomic E-state index is -1.11. The average molecular weight is 437 g/mol. The lowest BCUT2D eigenvalue weighted by atomic mass is 10.1. The van der Waals surface area contributed by atoms with Gasteiger partial charge in [0.15, 0.2) is 6.04 Å². The van der Waals surface area contributed by atoms with Gasteiger partial charge in [-0.2, -0.15) is 0 Å². The molecule has 0 aliphatic heterocycles. The van der Waals surface area contributed by atoms with Crippen LogP contribution in [0.2, 0.25) is 5.02 Å². The third kappa shape index (κ3) is 3.96. The van der Waals surface area contributed by atoms with Crippen molar-refractivity contribution in [1.29, 1.82) is 0 Å². The number of carbonyl (C=O) groups is 1. The molecule has 2 N–H and O–H groups in total. The first kappa shape index (κ1) is 16.3. The fraction of sp³-hybridized carbons (Fsp3) is 0.0714. The van der Waals surface area contributed by atoms with Crippen LogP contribution in [0.25, 0.3) is 0 Å². The topological polar surface area (TPSA) is 49.3 Å². The van der Waals surface area contributed by atoms with Gasteiger partial charge in [-0.15, -0.1) is 0 Å². The van der Waals surface area contributed by atoms with Crippen molar-refractivity contribution in [3.8, 4) is 0 Å². The van der Waals surface area contributed by atoms with E-state index in [4.69, 9.17) is 11.6 Å². The highest BCUT2D eigenvalue weighted by molar-refractivity contribution is 9.10. The summed E-state index contributed by atoms with van der Waals surface area (Å²) in [6, 6.07) is 8.08. The summed E-state index contributed by atoms with van der Waals surface area (Å²) in [5, 5.41) is 12.7. The molecule has 0 bridgehead atoms. The zero-order chi connectivity index (χ0) is 15.6. The molecule has 1 atom stereocenters. The van der Waals surface area contributed by atoms with Crippen molar-refractivity contribution < 1.29 is 14.3 Å². The van der Waals surface area contributed by atoms with E-state index in [1.807, 2.05) is 0 Å². The fourth-order valence-corrected chi connectivity index (χ4v) is 2.48. The molecule has 2 aromatic carbocycles. The van der Waals surface area contributed by atoms with Crippen molar-refractivity contribution in [3.63, 3.8) is 0 Å². The molecule has 0 spiro atoms. The van der Waals surface area contributed by atoms with Gasteiger partial charge in [-0.3, -0.25) is 0 Å². The highest BCUT2D eigenvalue weighted by Gasteiger charge is 2.21. The first-order chi connectivity index (χ1) is 9.88. The summed E-state index contributed by atoms with van der Waals surface area (Å²) >= 11 is 12.2. The smallest absolute Gasteiger partial charge is 0.330 e. The number of aliphatic carboxylic acids is 1. The number of rotatable bonds is 4. The standard InChI is InChI=1S/C14H9Br2ClFNO2/c15-9-3-1-7(5-12(9)18)13(14(20)21)19-8-2-4-11(17)10(16)6-8/h1-6,13,19H,(H,20,21). The zero-order valence-corrected chi connectivity index (χ0v) is 14.3. The van der Waals surface area contributed by atoms with Crippen LogP contribution in [0, 0.1) is 5.82 Å². The van der Waals surface area contributed by atoms with Crippen LogP contribution in [-0.2, 0) is 4.79 Å². The maximum atomic E-state index is 13.6. The normalized spacial score (nSPS) is 12.0. The summed E-state index contributed by atoms with van der Waals surface area (Å²) < 4.78 is 14.5. The number of carboxylic acids is 1. The molecular weight excluding hydrogens is 428 g/mol. The predicted molar refractivity (Wildman–Crippen MR) is 87.3 cm³/mol. The average Bonchev–Trinajstić information content (AvgIpc) is 2.43. The lowest BCUT2D eigenvalue weighted by molar-refractivity contribution is -0.138. The van der Waals surface area contributed by atoms with E-state index in [-0.39, 0.29) is 4.47 Å². The largest absolute Gasteiger partial charge is 0.479 e. The Morgan fingerprint density at radius 3 is 2.48 bits per heavy atom. The molecule has 21 heavy (non-hydrogen) atoms. The molecule has 0 amide bonds. The Balaban J connectivity index is 2.32. The zero-order valence-electron chi connectivity index (χ0n) is 10.4. The number of hydrogen-bond donors (Lipinski definition) is 2. The van der Waals surface area contributed by atoms with E-state index < -0.39 is 17.8 Å². The summed E-state index contributed by atoms with van der Waals surface area (Å²) in [7, 11) is 0. The number of anilines is 1. The highest BCUT2D eigenvalue weighted by atomic mass is 79.9. The van der Waals surface area contributed by atoms with Crippen LogP contribution in [0.4, 0.5) is 10.1 Å². The van der Waals surface area contributed by atoms with Crippen molar-refractivity contribution in [2.75, 3.05) is 5.32 Å². The van der Waals surface area contributed by atoms with Crippen LogP contribution in [0.1, 0.15) is 11.6 Å². The number of hydrogen-bond acceptors (Lipinski definition) is 2. The Morgan fingerprint density at radius 2 is 1.90 bits per heavy atom. The molecule has 2 rings (SSSR count). The molecule has 0 saturated heterocycles. The van der Waals surface area contributed by atoms with Gasteiger partial charge in [0.2, 0.25) is 0 Å². The first-order valence-corrected chi connectivity index (χ1v) is 7.74. The fourth-order valence-electron chi connectivity index (χ4n) is 1.73. The molecule has 1 unspecified atom stereocenters. The van der Waals surface area contributed by atoms with Crippen molar-refractivity contribution in [2.24, 2.45) is 0 Å². The number of halogens is 4. The van der Waals surface area contributed by atoms with Crippen LogP contribution in [0.15, 0.2) is 45.3 Å². The maximum absolute atomic E-state index is 13.6. The Labute approximate surface area is 142 Å². The van der Waals surface area contributed by atoms with E-state index in [1.54, 1.807) is 24.3 Å². The van der Waals surface area contributed by atoms with E-state index in [2.05, 4.69) is 37.2 Å². The van der Waals surface area contributed by atoms with Crippen molar-refractivity contribution >= 4 is 55.1 Å². The van der Waals surface area contributed by atoms with E-state index in [0.29, 0.717) is 20.7 Å².